The summed E-state index contributed by atoms with van der Waals surface area (Å²) in [5, 5.41) is 9.66. The number of carbonyl (C=O) groups excluding carboxylic acids is 1. The van der Waals surface area contributed by atoms with Gasteiger partial charge in [-0.3, -0.25) is 4.79 Å². The fourth-order valence-electron chi connectivity index (χ4n) is 1.90. The lowest BCUT2D eigenvalue weighted by molar-refractivity contribution is 0.0942. The van der Waals surface area contributed by atoms with Crippen LogP contribution in [-0.4, -0.2) is 15.6 Å². The molecule has 0 aromatic carbocycles. The highest BCUT2D eigenvalue weighted by atomic mass is 32.1. The summed E-state index contributed by atoms with van der Waals surface area (Å²) in [6, 6.07) is 7.57. The van der Waals surface area contributed by atoms with E-state index >= 15 is 0 Å². The lowest BCUT2D eigenvalue weighted by Gasteiger charge is -2.05. The van der Waals surface area contributed by atoms with Crippen LogP contribution in [0, 0.1) is 6.92 Å². The Balaban J connectivity index is 1.70. The maximum atomic E-state index is 11.9. The zero-order valence-electron chi connectivity index (χ0n) is 10.9. The van der Waals surface area contributed by atoms with Gasteiger partial charge < -0.3 is 14.4 Å². The molecule has 20 heavy (non-hydrogen) atoms. The molecule has 3 heterocycles. The zero-order chi connectivity index (χ0) is 13.9. The minimum absolute atomic E-state index is 0.230. The van der Waals surface area contributed by atoms with Crippen molar-refractivity contribution in [1.82, 2.24) is 15.0 Å². The monoisotopic (exact) mass is 287 g/mol. The summed E-state index contributed by atoms with van der Waals surface area (Å²) in [5.41, 5.74) is 1.38. The minimum Gasteiger partial charge on any atom is -0.361 e. The molecule has 0 unspecified atom stereocenters. The Labute approximate surface area is 119 Å². The molecular formula is C14H13N3O2S. The van der Waals surface area contributed by atoms with Crippen molar-refractivity contribution in [3.05, 3.63) is 59.1 Å². The topological polar surface area (TPSA) is 60.1 Å². The average molecular weight is 287 g/mol. The molecule has 0 radical (unpaired) electrons. The highest BCUT2D eigenvalue weighted by molar-refractivity contribution is 7.12. The largest absolute Gasteiger partial charge is 0.361 e. The number of aryl methyl sites for hydroxylation is 1. The first-order valence-electron chi connectivity index (χ1n) is 6.15. The Bertz CT molecular complexity index is 712. The number of carbonyl (C=O) groups is 1. The second-order valence-electron chi connectivity index (χ2n) is 4.35. The van der Waals surface area contributed by atoms with Gasteiger partial charge in [-0.2, -0.15) is 0 Å². The van der Waals surface area contributed by atoms with Crippen LogP contribution >= 0.6 is 11.3 Å². The lowest BCUT2D eigenvalue weighted by atomic mass is 10.3. The van der Waals surface area contributed by atoms with E-state index in [1.54, 1.807) is 24.3 Å². The van der Waals surface area contributed by atoms with Gasteiger partial charge in [-0.15, -0.1) is 11.3 Å². The Morgan fingerprint density at radius 2 is 2.25 bits per heavy atom. The van der Waals surface area contributed by atoms with Crippen LogP contribution in [-0.2, 0) is 6.54 Å². The molecule has 0 saturated carbocycles. The molecule has 3 aromatic rings. The molecule has 0 aliphatic rings. The number of amides is 1. The standard InChI is InChI=1S/C14H13N3O2S/c1-10-8-12(16-19-10)13(18)15-9-11-4-7-20-14(11)17-5-2-3-6-17/h2-8H,9H2,1H3,(H,15,18). The molecule has 0 atom stereocenters. The molecule has 3 aromatic heterocycles. The first kappa shape index (κ1) is 12.7. The maximum Gasteiger partial charge on any atom is 0.273 e. The maximum absolute atomic E-state index is 11.9. The summed E-state index contributed by atoms with van der Waals surface area (Å²) < 4.78 is 6.93. The Kier molecular flexibility index (Phi) is 3.39. The quantitative estimate of drug-likeness (QED) is 0.802. The van der Waals surface area contributed by atoms with Gasteiger partial charge in [-0.1, -0.05) is 5.16 Å². The number of thiophene rings is 1. The van der Waals surface area contributed by atoms with Crippen molar-refractivity contribution < 1.29 is 9.32 Å². The highest BCUT2D eigenvalue weighted by Crippen LogP contribution is 2.21. The molecule has 0 bridgehead atoms. The summed E-state index contributed by atoms with van der Waals surface area (Å²) in [6.07, 6.45) is 3.97. The summed E-state index contributed by atoms with van der Waals surface area (Å²) in [5.74, 6) is 0.394. The van der Waals surface area contributed by atoms with Gasteiger partial charge in [0.25, 0.3) is 5.91 Å². The normalized spacial score (nSPS) is 10.7. The van der Waals surface area contributed by atoms with Gasteiger partial charge in [0.1, 0.15) is 10.8 Å². The van der Waals surface area contributed by atoms with Gasteiger partial charge in [0, 0.05) is 30.6 Å². The van der Waals surface area contributed by atoms with E-state index in [-0.39, 0.29) is 5.91 Å². The zero-order valence-corrected chi connectivity index (χ0v) is 11.7. The Hall–Kier alpha value is -2.34. The fourth-order valence-corrected chi connectivity index (χ4v) is 2.79. The van der Waals surface area contributed by atoms with Gasteiger partial charge in [0.15, 0.2) is 5.69 Å². The van der Waals surface area contributed by atoms with E-state index in [2.05, 4.69) is 10.5 Å². The lowest BCUT2D eigenvalue weighted by Crippen LogP contribution is -2.23. The van der Waals surface area contributed by atoms with Crippen LogP contribution in [0.4, 0.5) is 0 Å². The third-order valence-electron chi connectivity index (χ3n) is 2.86. The average Bonchev–Trinajstić information content (AvgIpc) is 3.16. The van der Waals surface area contributed by atoms with Gasteiger partial charge >= 0.3 is 0 Å². The SMILES string of the molecule is Cc1cc(C(=O)NCc2ccsc2-n2cccc2)no1. The minimum atomic E-state index is -0.230. The third kappa shape index (κ3) is 2.50. The predicted molar refractivity (Wildman–Crippen MR) is 76.1 cm³/mol. The number of rotatable bonds is 4. The molecule has 3 rings (SSSR count). The first-order valence-corrected chi connectivity index (χ1v) is 7.03. The first-order chi connectivity index (χ1) is 9.74. The highest BCUT2D eigenvalue weighted by Gasteiger charge is 2.12. The van der Waals surface area contributed by atoms with Crippen molar-refractivity contribution >= 4 is 17.2 Å². The van der Waals surface area contributed by atoms with Crippen molar-refractivity contribution in [3.63, 3.8) is 0 Å². The van der Waals surface area contributed by atoms with E-state index < -0.39 is 0 Å². The van der Waals surface area contributed by atoms with Crippen molar-refractivity contribution in [3.8, 4) is 5.00 Å². The number of nitrogens with one attached hydrogen (secondary N) is 1. The Morgan fingerprint density at radius 3 is 2.95 bits per heavy atom. The van der Waals surface area contributed by atoms with Crippen LogP contribution in [0.1, 0.15) is 21.8 Å². The van der Waals surface area contributed by atoms with E-state index in [4.69, 9.17) is 4.52 Å². The summed E-state index contributed by atoms with van der Waals surface area (Å²) in [6.45, 7) is 2.22. The molecule has 0 spiro atoms. The summed E-state index contributed by atoms with van der Waals surface area (Å²) in [4.78, 5) is 11.9. The van der Waals surface area contributed by atoms with Crippen LogP contribution in [0.15, 0.2) is 46.6 Å². The van der Waals surface area contributed by atoms with E-state index in [0.29, 0.717) is 18.0 Å². The van der Waals surface area contributed by atoms with Gasteiger partial charge in [0.05, 0.1) is 0 Å². The number of nitrogens with zero attached hydrogens (tertiary/aromatic N) is 2. The molecule has 6 heteroatoms. The van der Waals surface area contributed by atoms with Crippen molar-refractivity contribution in [1.29, 1.82) is 0 Å². The summed E-state index contributed by atoms with van der Waals surface area (Å²) >= 11 is 1.64. The number of aromatic nitrogens is 2. The van der Waals surface area contributed by atoms with Crippen LogP contribution in [0.25, 0.3) is 5.00 Å². The third-order valence-corrected chi connectivity index (χ3v) is 3.83. The second-order valence-corrected chi connectivity index (χ2v) is 5.24. The molecule has 1 amide bonds. The van der Waals surface area contributed by atoms with Gasteiger partial charge in [-0.05, 0) is 30.5 Å². The summed E-state index contributed by atoms with van der Waals surface area (Å²) in [7, 11) is 0. The van der Waals surface area contributed by atoms with Crippen LogP contribution in [0.5, 0.6) is 0 Å². The second kappa shape index (κ2) is 5.34. The van der Waals surface area contributed by atoms with E-state index in [1.165, 1.54) is 0 Å². The van der Waals surface area contributed by atoms with Gasteiger partial charge in [-0.25, -0.2) is 0 Å². The molecule has 102 valence electrons. The molecule has 0 saturated heterocycles. The molecule has 1 N–H and O–H groups in total. The van der Waals surface area contributed by atoms with Crippen molar-refractivity contribution in [2.45, 2.75) is 13.5 Å². The smallest absolute Gasteiger partial charge is 0.273 e. The fraction of sp³-hybridized carbons (Fsp3) is 0.143. The molecule has 0 fully saturated rings. The molecule has 0 aliphatic carbocycles. The van der Waals surface area contributed by atoms with E-state index in [0.717, 1.165) is 10.6 Å². The number of hydrogen-bond donors (Lipinski definition) is 1. The van der Waals surface area contributed by atoms with Crippen LogP contribution < -0.4 is 5.32 Å². The molecule has 5 nitrogen and oxygen atoms in total. The van der Waals surface area contributed by atoms with E-state index in [9.17, 15) is 4.79 Å². The Morgan fingerprint density at radius 1 is 1.45 bits per heavy atom. The van der Waals surface area contributed by atoms with Crippen LogP contribution in [0.3, 0.4) is 0 Å². The number of hydrogen-bond acceptors (Lipinski definition) is 4. The predicted octanol–water partition coefficient (Wildman–Crippen LogP) is 2.77. The van der Waals surface area contributed by atoms with Gasteiger partial charge in [0.2, 0.25) is 0 Å². The molecular weight excluding hydrogens is 274 g/mol. The van der Waals surface area contributed by atoms with Crippen molar-refractivity contribution in [2.75, 3.05) is 0 Å². The van der Waals surface area contributed by atoms with Crippen molar-refractivity contribution in [2.24, 2.45) is 0 Å². The van der Waals surface area contributed by atoms with E-state index in [1.807, 2.05) is 40.5 Å². The van der Waals surface area contributed by atoms with Crippen LogP contribution in [0.2, 0.25) is 0 Å². The molecule has 0 aliphatic heterocycles.